The normalized spacial score (nSPS) is 11.3. The molecule has 0 spiro atoms. The van der Waals surface area contributed by atoms with Gasteiger partial charge in [0.2, 0.25) is 5.91 Å². The van der Waals surface area contributed by atoms with E-state index >= 15 is 0 Å². The van der Waals surface area contributed by atoms with E-state index in [4.69, 9.17) is 5.73 Å². The van der Waals surface area contributed by atoms with Crippen molar-refractivity contribution in [3.05, 3.63) is 65.4 Å². The lowest BCUT2D eigenvalue weighted by Crippen LogP contribution is -2.10. The molecule has 4 nitrogen and oxygen atoms in total. The Morgan fingerprint density at radius 1 is 1.19 bits per heavy atom. The molecule has 21 heavy (non-hydrogen) atoms. The Balaban J connectivity index is 2.00. The Hall–Kier alpha value is -2.88. The summed E-state index contributed by atoms with van der Waals surface area (Å²) in [6.07, 6.45) is 1.81. The summed E-state index contributed by atoms with van der Waals surface area (Å²) in [6, 6.07) is 15.1. The number of hydrogen-bond acceptors (Lipinski definition) is 2. The van der Waals surface area contributed by atoms with Crippen molar-refractivity contribution >= 4 is 28.7 Å². The summed E-state index contributed by atoms with van der Waals surface area (Å²) in [5.74, 6) is -0.449. The Kier molecular flexibility index (Phi) is 3.28. The molecule has 0 aliphatic rings. The Morgan fingerprint density at radius 3 is 2.81 bits per heavy atom. The van der Waals surface area contributed by atoms with Crippen LogP contribution in [0.1, 0.15) is 21.6 Å². The first-order valence-corrected chi connectivity index (χ1v) is 6.66. The molecule has 0 aliphatic carbocycles. The largest absolute Gasteiger partial charge is 0.366 e. The molecule has 0 saturated carbocycles. The molecule has 3 N–H and O–H groups in total. The highest BCUT2D eigenvalue weighted by atomic mass is 16.1. The Morgan fingerprint density at radius 2 is 2.00 bits per heavy atom. The summed E-state index contributed by atoms with van der Waals surface area (Å²) in [6.45, 7) is 2.02. The van der Waals surface area contributed by atoms with Crippen molar-refractivity contribution < 1.29 is 4.79 Å². The van der Waals surface area contributed by atoms with Gasteiger partial charge in [0, 0.05) is 33.9 Å². The van der Waals surface area contributed by atoms with Crippen molar-refractivity contribution in [2.45, 2.75) is 6.92 Å². The highest BCUT2D eigenvalue weighted by Crippen LogP contribution is 2.21. The van der Waals surface area contributed by atoms with Crippen LogP contribution in [0.3, 0.4) is 0 Å². The van der Waals surface area contributed by atoms with Crippen LogP contribution in [0.4, 0.5) is 5.69 Å². The van der Waals surface area contributed by atoms with Crippen LogP contribution in [0.15, 0.2) is 53.5 Å². The van der Waals surface area contributed by atoms with Gasteiger partial charge in [0.1, 0.15) is 0 Å². The summed E-state index contributed by atoms with van der Waals surface area (Å²) < 4.78 is 0. The van der Waals surface area contributed by atoms with E-state index in [9.17, 15) is 4.79 Å². The lowest BCUT2D eigenvalue weighted by Gasteiger charge is -1.98. The van der Waals surface area contributed by atoms with E-state index in [0.717, 1.165) is 22.2 Å². The second kappa shape index (κ2) is 5.25. The van der Waals surface area contributed by atoms with Crippen LogP contribution in [0.2, 0.25) is 0 Å². The highest BCUT2D eigenvalue weighted by Gasteiger charge is 2.05. The molecule has 1 amide bonds. The number of carbonyl (C=O) groups excluding carboxylic acids is 1. The fourth-order valence-electron chi connectivity index (χ4n) is 2.34. The molecular formula is C17H15N3O. The number of hydrogen-bond donors (Lipinski definition) is 2. The number of aromatic amines is 1. The first-order chi connectivity index (χ1) is 10.1. The van der Waals surface area contributed by atoms with Crippen molar-refractivity contribution in [2.24, 2.45) is 10.7 Å². The van der Waals surface area contributed by atoms with E-state index in [2.05, 4.69) is 16.0 Å². The number of amides is 1. The minimum Gasteiger partial charge on any atom is -0.366 e. The summed E-state index contributed by atoms with van der Waals surface area (Å²) in [5, 5.41) is 1.13. The van der Waals surface area contributed by atoms with E-state index in [1.165, 1.54) is 0 Å². The maximum Gasteiger partial charge on any atom is 0.248 e. The van der Waals surface area contributed by atoms with Gasteiger partial charge < -0.3 is 10.7 Å². The van der Waals surface area contributed by atoms with Crippen molar-refractivity contribution in [1.29, 1.82) is 0 Å². The number of aryl methyl sites for hydroxylation is 1. The van der Waals surface area contributed by atoms with Gasteiger partial charge in [-0.25, -0.2) is 0 Å². The van der Waals surface area contributed by atoms with Gasteiger partial charge in [-0.3, -0.25) is 9.79 Å². The number of aromatic nitrogens is 1. The van der Waals surface area contributed by atoms with Crippen LogP contribution in [-0.2, 0) is 0 Å². The van der Waals surface area contributed by atoms with Crippen LogP contribution < -0.4 is 5.73 Å². The second-order valence-corrected chi connectivity index (χ2v) is 4.88. The van der Waals surface area contributed by atoms with Gasteiger partial charge >= 0.3 is 0 Å². The predicted molar refractivity (Wildman–Crippen MR) is 85.2 cm³/mol. The lowest BCUT2D eigenvalue weighted by molar-refractivity contribution is 0.100. The average molecular weight is 277 g/mol. The number of nitrogens with two attached hydrogens (primary N) is 1. The molecule has 0 bridgehead atoms. The summed E-state index contributed by atoms with van der Waals surface area (Å²) in [4.78, 5) is 19.0. The smallest absolute Gasteiger partial charge is 0.248 e. The Bertz CT molecular complexity index is 846. The number of H-pyrrole nitrogens is 1. The maximum atomic E-state index is 11.2. The van der Waals surface area contributed by atoms with Crippen LogP contribution >= 0.6 is 0 Å². The third-order valence-electron chi connectivity index (χ3n) is 3.42. The molecule has 3 rings (SSSR count). The third-order valence-corrected chi connectivity index (χ3v) is 3.42. The van der Waals surface area contributed by atoms with Crippen molar-refractivity contribution in [2.75, 3.05) is 0 Å². The molecule has 2 aromatic carbocycles. The predicted octanol–water partition coefficient (Wildman–Crippen LogP) is 3.33. The number of benzene rings is 2. The lowest BCUT2D eigenvalue weighted by atomic mass is 10.1. The van der Waals surface area contributed by atoms with Gasteiger partial charge in [0.05, 0.1) is 5.69 Å². The van der Waals surface area contributed by atoms with Gasteiger partial charge in [-0.1, -0.05) is 24.3 Å². The van der Waals surface area contributed by atoms with Crippen molar-refractivity contribution in [3.8, 4) is 0 Å². The molecular weight excluding hydrogens is 262 g/mol. The van der Waals surface area contributed by atoms with E-state index in [-0.39, 0.29) is 0 Å². The van der Waals surface area contributed by atoms with Crippen LogP contribution in [0.25, 0.3) is 10.9 Å². The number of aliphatic imine (C=N–C) groups is 1. The number of primary amides is 1. The monoisotopic (exact) mass is 277 g/mol. The van der Waals surface area contributed by atoms with Crippen LogP contribution in [-0.4, -0.2) is 17.1 Å². The van der Waals surface area contributed by atoms with Gasteiger partial charge in [-0.15, -0.1) is 0 Å². The topological polar surface area (TPSA) is 71.2 Å². The van der Waals surface area contributed by atoms with Gasteiger partial charge in [-0.2, -0.15) is 0 Å². The van der Waals surface area contributed by atoms with E-state index in [0.29, 0.717) is 11.3 Å². The van der Waals surface area contributed by atoms with Crippen LogP contribution in [0, 0.1) is 6.92 Å². The quantitative estimate of drug-likeness (QED) is 0.708. The number of fused-ring (bicyclic) bond motifs is 1. The summed E-state index contributed by atoms with van der Waals surface area (Å²) >= 11 is 0. The van der Waals surface area contributed by atoms with Crippen LogP contribution in [0.5, 0.6) is 0 Å². The first kappa shape index (κ1) is 13.1. The molecule has 0 aliphatic heterocycles. The number of para-hydroxylation sites is 1. The van der Waals surface area contributed by atoms with Crippen molar-refractivity contribution in [1.82, 2.24) is 4.98 Å². The first-order valence-electron chi connectivity index (χ1n) is 6.66. The number of carbonyl (C=O) groups is 1. The zero-order valence-corrected chi connectivity index (χ0v) is 11.6. The fourth-order valence-corrected chi connectivity index (χ4v) is 2.34. The minimum atomic E-state index is -0.449. The number of nitrogens with one attached hydrogen (secondary N) is 1. The standard InChI is InChI=1S/C17H15N3O/c1-11-15(14-7-2-3-8-16(14)20-11)10-19-13-6-4-5-12(9-13)17(18)21/h2-10,20H,1H3,(H2,18,21). The van der Waals surface area contributed by atoms with E-state index in [1.807, 2.05) is 37.4 Å². The summed E-state index contributed by atoms with van der Waals surface area (Å²) in [5.41, 5.74) is 9.64. The molecule has 1 heterocycles. The molecule has 0 saturated heterocycles. The summed E-state index contributed by atoms with van der Waals surface area (Å²) in [7, 11) is 0. The second-order valence-electron chi connectivity index (χ2n) is 4.88. The Labute approximate surface area is 122 Å². The molecule has 1 aromatic heterocycles. The molecule has 0 fully saturated rings. The van der Waals surface area contributed by atoms with Crippen molar-refractivity contribution in [3.63, 3.8) is 0 Å². The zero-order chi connectivity index (χ0) is 14.8. The molecule has 0 atom stereocenters. The third kappa shape index (κ3) is 2.56. The molecule has 4 heteroatoms. The maximum absolute atomic E-state index is 11.2. The van der Waals surface area contributed by atoms with Gasteiger partial charge in [0.25, 0.3) is 0 Å². The highest BCUT2D eigenvalue weighted by molar-refractivity contribution is 6.01. The average Bonchev–Trinajstić information content (AvgIpc) is 2.81. The minimum absolute atomic E-state index is 0.449. The molecule has 0 unspecified atom stereocenters. The zero-order valence-electron chi connectivity index (χ0n) is 11.6. The van der Waals surface area contributed by atoms with E-state index < -0.39 is 5.91 Å². The molecule has 3 aromatic rings. The van der Waals surface area contributed by atoms with Gasteiger partial charge in [0.15, 0.2) is 0 Å². The molecule has 104 valence electrons. The molecule has 0 radical (unpaired) electrons. The van der Waals surface area contributed by atoms with E-state index in [1.54, 1.807) is 18.2 Å². The number of rotatable bonds is 3. The number of nitrogens with zero attached hydrogens (tertiary/aromatic N) is 1. The fraction of sp³-hybridized carbons (Fsp3) is 0.0588. The van der Waals surface area contributed by atoms with Gasteiger partial charge in [-0.05, 0) is 31.2 Å². The SMILES string of the molecule is Cc1[nH]c2ccccc2c1C=Nc1cccc(C(N)=O)c1.